The zero-order valence-corrected chi connectivity index (χ0v) is 11.0. The summed E-state index contributed by atoms with van der Waals surface area (Å²) in [4.78, 5) is 11.7. The molecule has 1 aliphatic carbocycles. The lowest BCUT2D eigenvalue weighted by Crippen LogP contribution is -2.46. The molecule has 2 N–H and O–H groups in total. The van der Waals surface area contributed by atoms with E-state index < -0.39 is 0 Å². The van der Waals surface area contributed by atoms with Gasteiger partial charge in [0.15, 0.2) is 0 Å². The topological polar surface area (TPSA) is 58.6 Å². The van der Waals surface area contributed by atoms with Crippen LogP contribution in [-0.4, -0.2) is 29.8 Å². The number of nitrogens with one attached hydrogen (secondary N) is 1. The van der Waals surface area contributed by atoms with Crippen LogP contribution in [0.1, 0.15) is 25.3 Å². The van der Waals surface area contributed by atoms with Crippen molar-refractivity contribution >= 4 is 12.0 Å². The van der Waals surface area contributed by atoms with Crippen molar-refractivity contribution in [3.05, 3.63) is 35.9 Å². The lowest BCUT2D eigenvalue weighted by molar-refractivity contribution is -0.118. The lowest BCUT2D eigenvalue weighted by Gasteiger charge is -2.31. The molecule has 0 bridgehead atoms. The predicted octanol–water partition coefficient (Wildman–Crippen LogP) is 1.74. The highest BCUT2D eigenvalue weighted by atomic mass is 16.5. The number of amides is 1. The molecule has 4 nitrogen and oxygen atoms in total. The van der Waals surface area contributed by atoms with E-state index in [0.717, 1.165) is 11.3 Å². The lowest BCUT2D eigenvalue weighted by atomic mass is 9.89. The van der Waals surface area contributed by atoms with Gasteiger partial charge in [-0.3, -0.25) is 4.79 Å². The Balaban J connectivity index is 1.92. The normalized spacial score (nSPS) is 22.0. The van der Waals surface area contributed by atoms with E-state index in [2.05, 4.69) is 5.32 Å². The third-order valence-electron chi connectivity index (χ3n) is 3.09. The highest BCUT2D eigenvalue weighted by Gasteiger charge is 2.27. The molecule has 1 fully saturated rings. The Bertz CT molecular complexity index is 464. The third-order valence-corrected chi connectivity index (χ3v) is 3.09. The Morgan fingerprint density at radius 1 is 1.47 bits per heavy atom. The van der Waals surface area contributed by atoms with E-state index in [1.54, 1.807) is 6.08 Å². The molecule has 19 heavy (non-hydrogen) atoms. The Kier molecular flexibility index (Phi) is 4.58. The van der Waals surface area contributed by atoms with Gasteiger partial charge in [0.05, 0.1) is 12.7 Å². The van der Waals surface area contributed by atoms with Crippen molar-refractivity contribution in [2.24, 2.45) is 0 Å². The standard InChI is InChI=1S/C15H19NO3/c1-2-19-14-6-4-3-5-11(14)7-8-15(18)16-12-9-13(17)10-12/h3-8,12-13,17H,2,9-10H2,1H3,(H,16,18). The molecule has 0 aliphatic heterocycles. The molecular weight excluding hydrogens is 242 g/mol. The van der Waals surface area contributed by atoms with E-state index in [0.29, 0.717) is 19.4 Å². The quantitative estimate of drug-likeness (QED) is 0.794. The number of ether oxygens (including phenoxy) is 1. The van der Waals surface area contributed by atoms with Gasteiger partial charge in [-0.1, -0.05) is 18.2 Å². The number of hydrogen-bond acceptors (Lipinski definition) is 3. The van der Waals surface area contributed by atoms with Crippen molar-refractivity contribution in [2.45, 2.75) is 31.9 Å². The van der Waals surface area contributed by atoms with Gasteiger partial charge in [0.25, 0.3) is 0 Å². The molecular formula is C15H19NO3. The zero-order chi connectivity index (χ0) is 13.7. The second-order valence-electron chi connectivity index (χ2n) is 4.63. The average molecular weight is 261 g/mol. The molecule has 1 aromatic carbocycles. The van der Waals surface area contributed by atoms with Gasteiger partial charge in [-0.05, 0) is 31.9 Å². The molecule has 0 unspecified atom stereocenters. The number of carbonyl (C=O) groups excluding carboxylic acids is 1. The van der Waals surface area contributed by atoms with Gasteiger partial charge < -0.3 is 15.2 Å². The van der Waals surface area contributed by atoms with Crippen LogP contribution in [0.25, 0.3) is 6.08 Å². The molecule has 4 heteroatoms. The van der Waals surface area contributed by atoms with Gasteiger partial charge in [0.1, 0.15) is 5.75 Å². The van der Waals surface area contributed by atoms with Crippen LogP contribution in [0, 0.1) is 0 Å². The summed E-state index contributed by atoms with van der Waals surface area (Å²) in [6, 6.07) is 7.69. The van der Waals surface area contributed by atoms with Crippen molar-refractivity contribution in [1.29, 1.82) is 0 Å². The maximum Gasteiger partial charge on any atom is 0.244 e. The summed E-state index contributed by atoms with van der Waals surface area (Å²) >= 11 is 0. The minimum Gasteiger partial charge on any atom is -0.493 e. The van der Waals surface area contributed by atoms with Gasteiger partial charge in [0.2, 0.25) is 5.91 Å². The van der Waals surface area contributed by atoms with Crippen LogP contribution in [0.4, 0.5) is 0 Å². The highest BCUT2D eigenvalue weighted by molar-refractivity contribution is 5.92. The van der Waals surface area contributed by atoms with E-state index in [1.807, 2.05) is 31.2 Å². The first-order valence-electron chi connectivity index (χ1n) is 6.57. The number of benzene rings is 1. The van der Waals surface area contributed by atoms with Crippen LogP contribution in [0.2, 0.25) is 0 Å². The first-order valence-corrected chi connectivity index (χ1v) is 6.57. The molecule has 1 aromatic rings. The van der Waals surface area contributed by atoms with E-state index >= 15 is 0 Å². The van der Waals surface area contributed by atoms with Crippen molar-refractivity contribution in [2.75, 3.05) is 6.61 Å². The molecule has 0 heterocycles. The fourth-order valence-corrected chi connectivity index (χ4v) is 2.03. The molecule has 1 aliphatic rings. The Morgan fingerprint density at radius 3 is 2.89 bits per heavy atom. The first kappa shape index (κ1) is 13.6. The predicted molar refractivity (Wildman–Crippen MR) is 73.8 cm³/mol. The van der Waals surface area contributed by atoms with Crippen molar-refractivity contribution in [3.63, 3.8) is 0 Å². The molecule has 0 saturated heterocycles. The van der Waals surface area contributed by atoms with Crippen molar-refractivity contribution in [3.8, 4) is 5.75 Å². The largest absolute Gasteiger partial charge is 0.493 e. The molecule has 102 valence electrons. The summed E-state index contributed by atoms with van der Waals surface area (Å²) in [5.41, 5.74) is 0.883. The zero-order valence-electron chi connectivity index (χ0n) is 11.0. The van der Waals surface area contributed by atoms with Crippen molar-refractivity contribution in [1.82, 2.24) is 5.32 Å². The van der Waals surface area contributed by atoms with Crippen LogP contribution < -0.4 is 10.1 Å². The molecule has 0 aromatic heterocycles. The minimum atomic E-state index is -0.257. The number of rotatable bonds is 5. The fourth-order valence-electron chi connectivity index (χ4n) is 2.03. The van der Waals surface area contributed by atoms with Gasteiger partial charge in [-0.25, -0.2) is 0 Å². The summed E-state index contributed by atoms with van der Waals surface area (Å²) in [6.45, 7) is 2.52. The molecule has 0 spiro atoms. The number of hydrogen-bond donors (Lipinski definition) is 2. The van der Waals surface area contributed by atoms with Gasteiger partial charge in [0, 0.05) is 17.7 Å². The Labute approximate surface area is 113 Å². The molecule has 0 radical (unpaired) electrons. The van der Waals surface area contributed by atoms with Crippen LogP contribution in [0.3, 0.4) is 0 Å². The summed E-state index contributed by atoms with van der Waals surface area (Å²) in [5.74, 6) is 0.635. The maximum absolute atomic E-state index is 11.7. The van der Waals surface area contributed by atoms with E-state index in [-0.39, 0.29) is 18.1 Å². The second kappa shape index (κ2) is 6.38. The van der Waals surface area contributed by atoms with E-state index in [4.69, 9.17) is 9.84 Å². The maximum atomic E-state index is 11.7. The van der Waals surface area contributed by atoms with Gasteiger partial charge in [-0.15, -0.1) is 0 Å². The number of para-hydroxylation sites is 1. The summed E-state index contributed by atoms with van der Waals surface area (Å²) in [6.07, 6.45) is 4.29. The van der Waals surface area contributed by atoms with Gasteiger partial charge >= 0.3 is 0 Å². The summed E-state index contributed by atoms with van der Waals surface area (Å²) < 4.78 is 5.48. The van der Waals surface area contributed by atoms with Crippen LogP contribution in [0.5, 0.6) is 5.75 Å². The fraction of sp³-hybridized carbons (Fsp3) is 0.400. The Hall–Kier alpha value is -1.81. The van der Waals surface area contributed by atoms with E-state index in [1.165, 1.54) is 6.08 Å². The third kappa shape index (κ3) is 3.83. The molecule has 1 saturated carbocycles. The summed E-state index contributed by atoms with van der Waals surface area (Å²) in [5, 5.41) is 12.0. The van der Waals surface area contributed by atoms with Crippen molar-refractivity contribution < 1.29 is 14.6 Å². The monoisotopic (exact) mass is 261 g/mol. The highest BCUT2D eigenvalue weighted by Crippen LogP contribution is 2.20. The van der Waals surface area contributed by atoms with Gasteiger partial charge in [-0.2, -0.15) is 0 Å². The number of aliphatic hydroxyl groups is 1. The SMILES string of the molecule is CCOc1ccccc1C=CC(=O)NC1CC(O)C1. The first-order chi connectivity index (χ1) is 9.19. The minimum absolute atomic E-state index is 0.106. The molecule has 2 rings (SSSR count). The average Bonchev–Trinajstić information content (AvgIpc) is 2.36. The van der Waals surface area contributed by atoms with Crippen LogP contribution in [0.15, 0.2) is 30.3 Å². The van der Waals surface area contributed by atoms with Crippen LogP contribution >= 0.6 is 0 Å². The van der Waals surface area contributed by atoms with E-state index in [9.17, 15) is 4.79 Å². The van der Waals surface area contributed by atoms with Crippen LogP contribution in [-0.2, 0) is 4.79 Å². The smallest absolute Gasteiger partial charge is 0.244 e. The molecule has 1 amide bonds. The number of carbonyl (C=O) groups is 1. The second-order valence-corrected chi connectivity index (χ2v) is 4.63. The molecule has 0 atom stereocenters. The Morgan fingerprint density at radius 2 is 2.21 bits per heavy atom. The summed E-state index contributed by atoms with van der Waals surface area (Å²) in [7, 11) is 0. The number of aliphatic hydroxyl groups excluding tert-OH is 1.